The number of alkyl carbamates (subject to hydrolysis) is 1. The molecule has 10 nitrogen and oxygen atoms in total. The van der Waals surface area contributed by atoms with Crippen LogP contribution in [0.4, 0.5) is 4.79 Å². The Morgan fingerprint density at radius 3 is 1.90 bits per heavy atom. The molecule has 0 aliphatic heterocycles. The van der Waals surface area contributed by atoms with Gasteiger partial charge in [0.2, 0.25) is 11.8 Å². The van der Waals surface area contributed by atoms with Gasteiger partial charge >= 0.3 is 6.09 Å². The van der Waals surface area contributed by atoms with Gasteiger partial charge in [0.15, 0.2) is 5.96 Å². The van der Waals surface area contributed by atoms with Crippen molar-refractivity contribution in [1.82, 2.24) is 16.0 Å². The molecule has 0 radical (unpaired) electrons. The summed E-state index contributed by atoms with van der Waals surface area (Å²) in [5.74, 6) is -2.56. The molecular weight excluding hydrogens is 510 g/mol. The standard InChI is InChI=1S/C30H43N5O5/c1-19(2)25(27(38)35-28(31)32)34-26(37)22(16-20-12-8-6-9-13-20)18-24(36)23(17-21-14-10-7-11-15-21)33-29(39)40-30(3,4)5/h6-15,19,22-25,36H,16-18H2,1-5H3,(H,33,39)(H,34,37)(H4,31,32,35,38). The van der Waals surface area contributed by atoms with Gasteiger partial charge < -0.3 is 26.2 Å². The summed E-state index contributed by atoms with van der Waals surface area (Å²) in [7, 11) is 0. The van der Waals surface area contributed by atoms with Gasteiger partial charge in [-0.05, 0) is 57.1 Å². The molecule has 0 fully saturated rings. The largest absolute Gasteiger partial charge is 0.444 e. The average Bonchev–Trinajstić information content (AvgIpc) is 2.85. The van der Waals surface area contributed by atoms with Crippen LogP contribution in [0.3, 0.4) is 0 Å². The summed E-state index contributed by atoms with van der Waals surface area (Å²) in [6.45, 7) is 8.80. The van der Waals surface area contributed by atoms with Gasteiger partial charge in [0.1, 0.15) is 11.6 Å². The van der Waals surface area contributed by atoms with Crippen molar-refractivity contribution in [2.75, 3.05) is 0 Å². The SMILES string of the molecule is CC(C)C(NC(=O)C(Cc1ccccc1)CC(O)C(Cc1ccccc1)NC(=O)OC(C)(C)C)C(=O)NC(=N)N. The molecule has 4 unspecified atom stereocenters. The van der Waals surface area contributed by atoms with Crippen molar-refractivity contribution in [2.24, 2.45) is 17.6 Å². The highest BCUT2D eigenvalue weighted by molar-refractivity contribution is 5.99. The zero-order chi connectivity index (χ0) is 29.9. The maximum atomic E-state index is 13.6. The van der Waals surface area contributed by atoms with Crippen LogP contribution in [0.1, 0.15) is 52.2 Å². The van der Waals surface area contributed by atoms with Crippen molar-refractivity contribution in [2.45, 2.75) is 77.7 Å². The third kappa shape index (κ3) is 11.4. The number of amides is 3. The number of benzene rings is 2. The van der Waals surface area contributed by atoms with Crippen molar-refractivity contribution in [3.63, 3.8) is 0 Å². The lowest BCUT2D eigenvalue weighted by atomic mass is 9.88. The summed E-state index contributed by atoms with van der Waals surface area (Å²) >= 11 is 0. The maximum Gasteiger partial charge on any atom is 0.407 e. The Morgan fingerprint density at radius 1 is 0.900 bits per heavy atom. The number of ether oxygens (including phenoxy) is 1. The topological polar surface area (TPSA) is 167 Å². The number of aliphatic hydroxyl groups is 1. The molecule has 10 heteroatoms. The Labute approximate surface area is 236 Å². The van der Waals surface area contributed by atoms with Gasteiger partial charge in [-0.15, -0.1) is 0 Å². The Hall–Kier alpha value is -3.92. The quantitative estimate of drug-likeness (QED) is 0.175. The first-order valence-corrected chi connectivity index (χ1v) is 13.5. The third-order valence-corrected chi connectivity index (χ3v) is 6.19. The van der Waals surface area contributed by atoms with Crippen LogP contribution in [-0.2, 0) is 27.2 Å². The number of hydrogen-bond donors (Lipinski definition) is 6. The highest BCUT2D eigenvalue weighted by atomic mass is 16.6. The zero-order valence-corrected chi connectivity index (χ0v) is 23.9. The van der Waals surface area contributed by atoms with Gasteiger partial charge in [0.05, 0.1) is 12.1 Å². The van der Waals surface area contributed by atoms with E-state index >= 15 is 0 Å². The summed E-state index contributed by atoms with van der Waals surface area (Å²) in [4.78, 5) is 38.9. The molecule has 3 amide bonds. The second-order valence-corrected chi connectivity index (χ2v) is 11.3. The summed E-state index contributed by atoms with van der Waals surface area (Å²) in [6.07, 6.45) is -1.16. The Kier molecular flexibility index (Phi) is 12.1. The predicted octanol–water partition coefficient (Wildman–Crippen LogP) is 2.88. The first kappa shape index (κ1) is 32.3. The van der Waals surface area contributed by atoms with Crippen molar-refractivity contribution < 1.29 is 24.2 Å². The van der Waals surface area contributed by atoms with Crippen LogP contribution < -0.4 is 21.7 Å². The van der Waals surface area contributed by atoms with Crippen LogP contribution in [0.15, 0.2) is 60.7 Å². The van der Waals surface area contributed by atoms with Crippen molar-refractivity contribution in [3.05, 3.63) is 71.8 Å². The molecule has 0 aliphatic carbocycles. The van der Waals surface area contributed by atoms with Gasteiger partial charge in [-0.25, -0.2) is 4.79 Å². The second kappa shape index (κ2) is 15.0. The monoisotopic (exact) mass is 553 g/mol. The molecule has 2 aromatic rings. The van der Waals surface area contributed by atoms with Gasteiger partial charge in [-0.3, -0.25) is 20.3 Å². The Bertz CT molecular complexity index is 1120. The lowest BCUT2D eigenvalue weighted by Crippen LogP contribution is -2.54. The highest BCUT2D eigenvalue weighted by Crippen LogP contribution is 2.20. The molecule has 4 atom stereocenters. The maximum absolute atomic E-state index is 13.6. The van der Waals surface area contributed by atoms with Gasteiger partial charge in [0.25, 0.3) is 0 Å². The summed E-state index contributed by atoms with van der Waals surface area (Å²) < 4.78 is 5.43. The van der Waals surface area contributed by atoms with Gasteiger partial charge in [0, 0.05) is 5.92 Å². The van der Waals surface area contributed by atoms with E-state index in [0.717, 1.165) is 11.1 Å². The van der Waals surface area contributed by atoms with E-state index in [1.165, 1.54) is 0 Å². The Morgan fingerprint density at radius 2 is 1.43 bits per heavy atom. The fraction of sp³-hybridized carbons (Fsp3) is 0.467. The van der Waals surface area contributed by atoms with E-state index in [-0.39, 0.29) is 12.3 Å². The normalized spacial score (nSPS) is 14.4. The van der Waals surface area contributed by atoms with E-state index in [1.807, 2.05) is 60.7 Å². The van der Waals surface area contributed by atoms with E-state index < -0.39 is 53.6 Å². The van der Waals surface area contributed by atoms with Crippen LogP contribution in [0.2, 0.25) is 0 Å². The fourth-order valence-electron chi connectivity index (χ4n) is 4.26. The molecule has 0 aliphatic rings. The molecule has 0 aromatic heterocycles. The molecule has 0 saturated carbocycles. The molecule has 2 rings (SSSR count). The molecule has 0 bridgehead atoms. The molecule has 7 N–H and O–H groups in total. The number of guanidine groups is 1. The van der Waals surface area contributed by atoms with Gasteiger partial charge in [-0.1, -0.05) is 74.5 Å². The minimum atomic E-state index is -1.12. The summed E-state index contributed by atoms with van der Waals surface area (Å²) in [6, 6.07) is 17.1. The molecule has 0 saturated heterocycles. The number of carbonyl (C=O) groups excluding carboxylic acids is 3. The summed E-state index contributed by atoms with van der Waals surface area (Å²) in [5.41, 5.74) is 6.37. The van der Waals surface area contributed by atoms with Crippen molar-refractivity contribution in [1.29, 1.82) is 5.41 Å². The number of rotatable bonds is 12. The van der Waals surface area contributed by atoms with E-state index in [2.05, 4.69) is 16.0 Å². The number of nitrogens with one attached hydrogen (secondary N) is 4. The smallest absolute Gasteiger partial charge is 0.407 e. The minimum absolute atomic E-state index is 0.00711. The molecule has 218 valence electrons. The fourth-order valence-corrected chi connectivity index (χ4v) is 4.26. The highest BCUT2D eigenvalue weighted by Gasteiger charge is 2.32. The van der Waals surface area contributed by atoms with Crippen LogP contribution in [0.5, 0.6) is 0 Å². The van der Waals surface area contributed by atoms with E-state index in [4.69, 9.17) is 15.9 Å². The molecular formula is C30H43N5O5. The van der Waals surface area contributed by atoms with Crippen molar-refractivity contribution >= 4 is 23.9 Å². The number of nitrogens with two attached hydrogens (primary N) is 1. The van der Waals surface area contributed by atoms with E-state index in [1.54, 1.807) is 34.6 Å². The first-order chi connectivity index (χ1) is 18.7. The molecule has 2 aromatic carbocycles. The third-order valence-electron chi connectivity index (χ3n) is 6.19. The van der Waals surface area contributed by atoms with Crippen LogP contribution >= 0.6 is 0 Å². The second-order valence-electron chi connectivity index (χ2n) is 11.3. The van der Waals surface area contributed by atoms with Crippen LogP contribution in [0, 0.1) is 17.2 Å². The average molecular weight is 554 g/mol. The zero-order valence-electron chi connectivity index (χ0n) is 23.9. The molecule has 40 heavy (non-hydrogen) atoms. The predicted molar refractivity (Wildman–Crippen MR) is 154 cm³/mol. The Balaban J connectivity index is 2.31. The van der Waals surface area contributed by atoms with Gasteiger partial charge in [-0.2, -0.15) is 0 Å². The molecule has 0 heterocycles. The molecule has 0 spiro atoms. The van der Waals surface area contributed by atoms with Crippen molar-refractivity contribution in [3.8, 4) is 0 Å². The van der Waals surface area contributed by atoms with E-state index in [9.17, 15) is 19.5 Å². The minimum Gasteiger partial charge on any atom is -0.444 e. The summed E-state index contributed by atoms with van der Waals surface area (Å²) in [5, 5.41) is 26.6. The van der Waals surface area contributed by atoms with E-state index in [0.29, 0.717) is 12.8 Å². The van der Waals surface area contributed by atoms with Crippen LogP contribution in [-0.4, -0.2) is 52.8 Å². The number of carbonyl (C=O) groups is 3. The number of hydrogen-bond acceptors (Lipinski definition) is 6. The lowest BCUT2D eigenvalue weighted by Gasteiger charge is -2.30. The number of aliphatic hydroxyl groups excluding tert-OH is 1. The van der Waals surface area contributed by atoms with Crippen LogP contribution in [0.25, 0.3) is 0 Å². The first-order valence-electron chi connectivity index (χ1n) is 13.5. The lowest BCUT2D eigenvalue weighted by molar-refractivity contribution is -0.132.